The zero-order valence-electron chi connectivity index (χ0n) is 10.6. The Bertz CT molecular complexity index is 546. The third-order valence-corrected chi connectivity index (χ3v) is 6.40. The van der Waals surface area contributed by atoms with Gasteiger partial charge in [-0.05, 0) is 32.5 Å². The molecule has 4 nitrogen and oxygen atoms in total. The summed E-state index contributed by atoms with van der Waals surface area (Å²) in [4.78, 5) is 1.04. The highest BCUT2D eigenvalue weighted by molar-refractivity contribution is 7.91. The van der Waals surface area contributed by atoms with Crippen LogP contribution in [0.25, 0.3) is 0 Å². The number of nitrogens with one attached hydrogen (secondary N) is 1. The molecule has 0 fully saturated rings. The summed E-state index contributed by atoms with van der Waals surface area (Å²) in [5.41, 5.74) is 1.27. The van der Waals surface area contributed by atoms with Gasteiger partial charge in [0.05, 0.1) is 0 Å². The molecule has 1 aliphatic rings. The molecule has 0 amide bonds. The van der Waals surface area contributed by atoms with E-state index in [-0.39, 0.29) is 0 Å². The second-order valence-electron chi connectivity index (χ2n) is 4.41. The third-order valence-electron chi connectivity index (χ3n) is 2.98. The zero-order chi connectivity index (χ0) is 13.2. The molecule has 0 saturated carbocycles. The van der Waals surface area contributed by atoms with Crippen molar-refractivity contribution < 1.29 is 8.42 Å². The third kappa shape index (κ3) is 2.83. The van der Waals surface area contributed by atoms with Crippen molar-refractivity contribution in [3.05, 3.63) is 28.7 Å². The van der Waals surface area contributed by atoms with E-state index in [9.17, 15) is 8.42 Å². The maximum absolute atomic E-state index is 12.4. The molecule has 0 atom stereocenters. The van der Waals surface area contributed by atoms with Crippen molar-refractivity contribution in [2.24, 2.45) is 0 Å². The Morgan fingerprint density at radius 2 is 2.22 bits per heavy atom. The lowest BCUT2D eigenvalue weighted by atomic mass is 10.1. The first-order valence-electron chi connectivity index (χ1n) is 5.93. The standard InChI is InChI=1S/C12H18N2O2S2/c1-10-5-7-14(8-6-10)18(15,16)12-4-3-11(17-12)9-13-2/h3-5,13H,6-9H2,1-2H3. The number of hydrogen-bond acceptors (Lipinski definition) is 4. The van der Waals surface area contributed by atoms with Crippen molar-refractivity contribution in [3.63, 3.8) is 0 Å². The number of sulfonamides is 1. The zero-order valence-corrected chi connectivity index (χ0v) is 12.3. The minimum Gasteiger partial charge on any atom is -0.315 e. The minimum absolute atomic E-state index is 0.445. The van der Waals surface area contributed by atoms with E-state index in [0.717, 1.165) is 11.3 Å². The van der Waals surface area contributed by atoms with Gasteiger partial charge in [-0.15, -0.1) is 11.3 Å². The van der Waals surface area contributed by atoms with Crippen LogP contribution in [0, 0.1) is 0 Å². The second kappa shape index (κ2) is 5.52. The van der Waals surface area contributed by atoms with E-state index in [1.165, 1.54) is 16.9 Å². The summed E-state index contributed by atoms with van der Waals surface area (Å²) in [6.07, 6.45) is 2.82. The van der Waals surface area contributed by atoms with Crippen molar-refractivity contribution in [1.29, 1.82) is 0 Å². The van der Waals surface area contributed by atoms with Crippen LogP contribution in [0.2, 0.25) is 0 Å². The van der Waals surface area contributed by atoms with Gasteiger partial charge in [-0.2, -0.15) is 4.31 Å². The number of nitrogens with zero attached hydrogens (tertiary/aromatic N) is 1. The normalized spacial score (nSPS) is 17.8. The molecule has 2 heterocycles. The van der Waals surface area contributed by atoms with Crippen LogP contribution in [0.1, 0.15) is 18.2 Å². The summed E-state index contributed by atoms with van der Waals surface area (Å²) in [6.45, 7) is 3.83. The van der Waals surface area contributed by atoms with E-state index in [1.54, 1.807) is 10.4 Å². The molecule has 0 bridgehead atoms. The minimum atomic E-state index is -3.30. The van der Waals surface area contributed by atoms with E-state index < -0.39 is 10.0 Å². The molecule has 0 unspecified atom stereocenters. The van der Waals surface area contributed by atoms with Gasteiger partial charge in [-0.1, -0.05) is 11.6 Å². The highest BCUT2D eigenvalue weighted by atomic mass is 32.2. The average molecular weight is 286 g/mol. The van der Waals surface area contributed by atoms with Crippen LogP contribution in [-0.4, -0.2) is 32.9 Å². The summed E-state index contributed by atoms with van der Waals surface area (Å²) in [6, 6.07) is 3.58. The van der Waals surface area contributed by atoms with Gasteiger partial charge in [-0.3, -0.25) is 0 Å². The lowest BCUT2D eigenvalue weighted by Crippen LogP contribution is -2.34. The predicted octanol–water partition coefficient (Wildman–Crippen LogP) is 1.81. The monoisotopic (exact) mass is 286 g/mol. The highest BCUT2D eigenvalue weighted by Crippen LogP contribution is 2.26. The van der Waals surface area contributed by atoms with Crippen LogP contribution < -0.4 is 5.32 Å². The lowest BCUT2D eigenvalue weighted by Gasteiger charge is -2.23. The van der Waals surface area contributed by atoms with Crippen molar-refractivity contribution in [2.45, 2.75) is 24.1 Å². The molecule has 0 aliphatic carbocycles. The molecular formula is C12H18N2O2S2. The molecule has 1 aromatic rings. The first kappa shape index (κ1) is 13.7. The van der Waals surface area contributed by atoms with Gasteiger partial charge in [-0.25, -0.2) is 8.42 Å². The van der Waals surface area contributed by atoms with Gasteiger partial charge >= 0.3 is 0 Å². The van der Waals surface area contributed by atoms with Crippen LogP contribution in [-0.2, 0) is 16.6 Å². The Morgan fingerprint density at radius 1 is 1.44 bits per heavy atom. The van der Waals surface area contributed by atoms with E-state index in [4.69, 9.17) is 0 Å². The van der Waals surface area contributed by atoms with Crippen LogP contribution in [0.15, 0.2) is 28.0 Å². The molecule has 0 aromatic carbocycles. The first-order chi connectivity index (χ1) is 8.54. The maximum atomic E-state index is 12.4. The fraction of sp³-hybridized carbons (Fsp3) is 0.500. The van der Waals surface area contributed by atoms with Crippen molar-refractivity contribution in [2.75, 3.05) is 20.1 Å². The van der Waals surface area contributed by atoms with Gasteiger partial charge < -0.3 is 5.32 Å². The van der Waals surface area contributed by atoms with Gasteiger partial charge in [0.25, 0.3) is 10.0 Å². The summed E-state index contributed by atoms with van der Waals surface area (Å²) >= 11 is 1.35. The molecule has 2 rings (SSSR count). The molecule has 1 N–H and O–H groups in total. The van der Waals surface area contributed by atoms with Crippen molar-refractivity contribution in [1.82, 2.24) is 9.62 Å². The summed E-state index contributed by atoms with van der Waals surface area (Å²) in [5.74, 6) is 0. The van der Waals surface area contributed by atoms with Crippen LogP contribution in [0.4, 0.5) is 0 Å². The molecule has 1 aromatic heterocycles. The van der Waals surface area contributed by atoms with E-state index >= 15 is 0 Å². The largest absolute Gasteiger partial charge is 0.315 e. The smallest absolute Gasteiger partial charge is 0.252 e. The molecule has 6 heteroatoms. The molecule has 18 heavy (non-hydrogen) atoms. The molecule has 0 saturated heterocycles. The maximum Gasteiger partial charge on any atom is 0.252 e. The van der Waals surface area contributed by atoms with E-state index in [1.807, 2.05) is 26.1 Å². The number of thiophene rings is 1. The topological polar surface area (TPSA) is 49.4 Å². The molecule has 0 spiro atoms. The lowest BCUT2D eigenvalue weighted by molar-refractivity contribution is 0.433. The fourth-order valence-corrected chi connectivity index (χ4v) is 4.77. The summed E-state index contributed by atoms with van der Waals surface area (Å²) < 4.78 is 26.8. The van der Waals surface area contributed by atoms with Gasteiger partial charge in [0.2, 0.25) is 0 Å². The number of hydrogen-bond donors (Lipinski definition) is 1. The van der Waals surface area contributed by atoms with Crippen molar-refractivity contribution >= 4 is 21.4 Å². The predicted molar refractivity (Wildman–Crippen MR) is 74.2 cm³/mol. The van der Waals surface area contributed by atoms with Crippen molar-refractivity contribution in [3.8, 4) is 0 Å². The molecule has 100 valence electrons. The fourth-order valence-electron chi connectivity index (χ4n) is 1.86. The van der Waals surface area contributed by atoms with Crippen LogP contribution >= 0.6 is 11.3 Å². The first-order valence-corrected chi connectivity index (χ1v) is 8.19. The van der Waals surface area contributed by atoms with Gasteiger partial charge in [0, 0.05) is 24.5 Å². The van der Waals surface area contributed by atoms with Gasteiger partial charge in [0.1, 0.15) is 4.21 Å². The molecular weight excluding hydrogens is 268 g/mol. The average Bonchev–Trinajstić information content (AvgIpc) is 2.79. The van der Waals surface area contributed by atoms with Gasteiger partial charge in [0.15, 0.2) is 0 Å². The Balaban J connectivity index is 2.19. The molecule has 1 aliphatic heterocycles. The Morgan fingerprint density at radius 3 is 2.83 bits per heavy atom. The van der Waals surface area contributed by atoms with E-state index in [0.29, 0.717) is 23.8 Å². The number of rotatable bonds is 4. The SMILES string of the molecule is CNCc1ccc(S(=O)(=O)N2CC=C(C)CC2)s1. The Labute approximate surface area is 112 Å². The Hall–Kier alpha value is -0.690. The van der Waals surface area contributed by atoms with E-state index in [2.05, 4.69) is 5.32 Å². The summed E-state index contributed by atoms with van der Waals surface area (Å²) in [5, 5.41) is 3.03. The summed E-state index contributed by atoms with van der Waals surface area (Å²) in [7, 11) is -1.45. The highest BCUT2D eigenvalue weighted by Gasteiger charge is 2.26. The van der Waals surface area contributed by atoms with Crippen LogP contribution in [0.3, 0.4) is 0 Å². The quantitative estimate of drug-likeness (QED) is 0.859. The second-order valence-corrected chi connectivity index (χ2v) is 7.75. The molecule has 0 radical (unpaired) electrons. The Kier molecular flexibility index (Phi) is 4.21. The van der Waals surface area contributed by atoms with Crippen LogP contribution in [0.5, 0.6) is 0 Å².